The molecule has 94 valence electrons. The molecule has 0 rings (SSSR count). The number of rotatable bonds is 9. The van der Waals surface area contributed by atoms with E-state index in [9.17, 15) is 0 Å². The van der Waals surface area contributed by atoms with Crippen molar-refractivity contribution in [3.8, 4) is 0 Å². The number of ether oxygens (including phenoxy) is 1. The van der Waals surface area contributed by atoms with Crippen LogP contribution in [0.4, 0.5) is 0 Å². The van der Waals surface area contributed by atoms with Crippen LogP contribution in [0.1, 0.15) is 25.7 Å². The van der Waals surface area contributed by atoms with Crippen LogP contribution >= 0.6 is 0 Å². The molecule has 0 radical (unpaired) electrons. The van der Waals surface area contributed by atoms with Gasteiger partial charge in [-0.25, -0.2) is 0 Å². The van der Waals surface area contributed by atoms with Crippen molar-refractivity contribution in [2.24, 2.45) is 11.5 Å². The number of hydrogen-bond acceptors (Lipinski definition) is 5. The van der Waals surface area contributed by atoms with Gasteiger partial charge in [0.05, 0.1) is 19.8 Å². The van der Waals surface area contributed by atoms with Crippen molar-refractivity contribution in [2.75, 3.05) is 39.5 Å². The third-order valence-electron chi connectivity index (χ3n) is 1.61. The van der Waals surface area contributed by atoms with Gasteiger partial charge in [-0.2, -0.15) is 0 Å². The normalized spacial score (nSPS) is 9.60. The SMILES string of the molecule is NCCCCCCO.NCCOCCO. The number of aliphatic hydroxyl groups excluding tert-OH is 2. The Morgan fingerprint density at radius 2 is 1.40 bits per heavy atom. The van der Waals surface area contributed by atoms with Crippen molar-refractivity contribution in [3.63, 3.8) is 0 Å². The third-order valence-corrected chi connectivity index (χ3v) is 1.61. The van der Waals surface area contributed by atoms with Gasteiger partial charge in [0.25, 0.3) is 0 Å². The number of nitrogens with two attached hydrogens (primary N) is 2. The Labute approximate surface area is 92.4 Å². The van der Waals surface area contributed by atoms with Crippen molar-refractivity contribution in [1.82, 2.24) is 0 Å². The molecule has 0 aromatic rings. The Bertz CT molecular complexity index is 84.7. The zero-order valence-electron chi connectivity index (χ0n) is 9.53. The molecule has 0 aromatic carbocycles. The summed E-state index contributed by atoms with van der Waals surface area (Å²) in [4.78, 5) is 0. The van der Waals surface area contributed by atoms with Gasteiger partial charge in [0, 0.05) is 13.2 Å². The first-order chi connectivity index (χ1) is 7.33. The van der Waals surface area contributed by atoms with Crippen LogP contribution in [-0.4, -0.2) is 49.7 Å². The molecule has 0 fully saturated rings. The Kier molecular flexibility index (Phi) is 22.2. The Morgan fingerprint density at radius 1 is 0.733 bits per heavy atom. The van der Waals surface area contributed by atoms with Crippen molar-refractivity contribution < 1.29 is 14.9 Å². The molecule has 6 N–H and O–H groups in total. The van der Waals surface area contributed by atoms with E-state index in [0.29, 0.717) is 26.4 Å². The molecular weight excluding hydrogens is 196 g/mol. The predicted molar refractivity (Wildman–Crippen MR) is 61.6 cm³/mol. The van der Waals surface area contributed by atoms with Gasteiger partial charge in [0.15, 0.2) is 0 Å². The van der Waals surface area contributed by atoms with E-state index < -0.39 is 0 Å². The molecule has 0 aliphatic carbocycles. The lowest BCUT2D eigenvalue weighted by Gasteiger charge is -1.95. The second kappa shape index (κ2) is 19.4. The average molecular weight is 222 g/mol. The fourth-order valence-corrected chi connectivity index (χ4v) is 0.860. The number of hydrogen-bond donors (Lipinski definition) is 4. The lowest BCUT2D eigenvalue weighted by Crippen LogP contribution is -2.10. The molecule has 0 aliphatic rings. The van der Waals surface area contributed by atoms with Crippen molar-refractivity contribution in [3.05, 3.63) is 0 Å². The van der Waals surface area contributed by atoms with E-state index in [4.69, 9.17) is 26.4 Å². The molecule has 0 aromatic heterocycles. The fraction of sp³-hybridized carbons (Fsp3) is 1.00. The maximum atomic E-state index is 8.33. The Hall–Kier alpha value is -0.200. The molecule has 0 saturated carbocycles. The predicted octanol–water partition coefficient (Wildman–Crippen LogP) is -0.548. The van der Waals surface area contributed by atoms with E-state index in [0.717, 1.165) is 32.2 Å². The first-order valence-electron chi connectivity index (χ1n) is 5.53. The number of unbranched alkanes of at least 4 members (excludes halogenated alkanes) is 3. The third kappa shape index (κ3) is 24.8. The molecule has 0 spiro atoms. The molecule has 0 unspecified atom stereocenters. The monoisotopic (exact) mass is 222 g/mol. The van der Waals surface area contributed by atoms with Crippen LogP contribution in [0.25, 0.3) is 0 Å². The summed E-state index contributed by atoms with van der Waals surface area (Å²) >= 11 is 0. The average Bonchev–Trinajstić information content (AvgIpc) is 2.26. The first-order valence-corrected chi connectivity index (χ1v) is 5.53. The summed E-state index contributed by atoms with van der Waals surface area (Å²) in [5.41, 5.74) is 10.3. The summed E-state index contributed by atoms with van der Waals surface area (Å²) in [5.74, 6) is 0. The van der Waals surface area contributed by atoms with Crippen LogP contribution in [0.15, 0.2) is 0 Å². The lowest BCUT2D eigenvalue weighted by atomic mass is 10.2. The van der Waals surface area contributed by atoms with Crippen LogP contribution in [0.3, 0.4) is 0 Å². The lowest BCUT2D eigenvalue weighted by molar-refractivity contribution is 0.0976. The van der Waals surface area contributed by atoms with Gasteiger partial charge >= 0.3 is 0 Å². The van der Waals surface area contributed by atoms with Crippen molar-refractivity contribution in [2.45, 2.75) is 25.7 Å². The molecule has 0 amide bonds. The second-order valence-corrected chi connectivity index (χ2v) is 3.05. The highest BCUT2D eigenvalue weighted by Gasteiger charge is 1.84. The quantitative estimate of drug-likeness (QED) is 0.392. The van der Waals surface area contributed by atoms with Gasteiger partial charge in [0.1, 0.15) is 0 Å². The van der Waals surface area contributed by atoms with Crippen LogP contribution in [0.5, 0.6) is 0 Å². The minimum Gasteiger partial charge on any atom is -0.396 e. The van der Waals surface area contributed by atoms with E-state index in [-0.39, 0.29) is 6.61 Å². The van der Waals surface area contributed by atoms with Gasteiger partial charge in [-0.15, -0.1) is 0 Å². The van der Waals surface area contributed by atoms with Gasteiger partial charge in [-0.3, -0.25) is 0 Å². The Balaban J connectivity index is 0. The highest BCUT2D eigenvalue weighted by atomic mass is 16.5. The van der Waals surface area contributed by atoms with Gasteiger partial charge in [-0.1, -0.05) is 12.8 Å². The topological polar surface area (TPSA) is 102 Å². The van der Waals surface area contributed by atoms with Crippen LogP contribution in [0.2, 0.25) is 0 Å². The summed E-state index contributed by atoms with van der Waals surface area (Å²) in [7, 11) is 0. The smallest absolute Gasteiger partial charge is 0.0698 e. The summed E-state index contributed by atoms with van der Waals surface area (Å²) in [6.45, 7) is 2.66. The molecule has 5 nitrogen and oxygen atoms in total. The molecule has 0 heterocycles. The highest BCUT2D eigenvalue weighted by molar-refractivity contribution is 4.41. The minimum atomic E-state index is 0.0833. The van der Waals surface area contributed by atoms with E-state index in [1.165, 1.54) is 0 Å². The molecular formula is C10H26N2O3. The molecule has 0 atom stereocenters. The molecule has 0 bridgehead atoms. The zero-order valence-corrected chi connectivity index (χ0v) is 9.53. The largest absolute Gasteiger partial charge is 0.396 e. The summed E-state index contributed by atoms with van der Waals surface area (Å²) in [6.07, 6.45) is 4.31. The maximum Gasteiger partial charge on any atom is 0.0698 e. The van der Waals surface area contributed by atoms with Crippen LogP contribution in [0, 0.1) is 0 Å². The molecule has 5 heteroatoms. The fourth-order valence-electron chi connectivity index (χ4n) is 0.860. The van der Waals surface area contributed by atoms with E-state index >= 15 is 0 Å². The van der Waals surface area contributed by atoms with Crippen LogP contribution < -0.4 is 11.5 Å². The standard InChI is InChI=1S/C6H15NO.C4H11NO2/c7-5-3-1-2-4-6-8;5-1-3-7-4-2-6/h8H,1-7H2;6H,1-5H2. The second-order valence-electron chi connectivity index (χ2n) is 3.05. The van der Waals surface area contributed by atoms with E-state index in [1.807, 2.05) is 0 Å². The highest BCUT2D eigenvalue weighted by Crippen LogP contribution is 1.95. The van der Waals surface area contributed by atoms with Crippen LogP contribution in [-0.2, 0) is 4.74 Å². The van der Waals surface area contributed by atoms with Crippen molar-refractivity contribution >= 4 is 0 Å². The van der Waals surface area contributed by atoms with Gasteiger partial charge in [-0.05, 0) is 19.4 Å². The first kappa shape index (κ1) is 17.2. The summed E-state index contributed by atoms with van der Waals surface area (Å²) < 4.78 is 4.76. The molecule has 0 saturated heterocycles. The zero-order chi connectivity index (χ0) is 11.8. The van der Waals surface area contributed by atoms with E-state index in [1.54, 1.807) is 0 Å². The molecule has 15 heavy (non-hydrogen) atoms. The number of aliphatic hydroxyl groups is 2. The van der Waals surface area contributed by atoms with Gasteiger partial charge < -0.3 is 26.4 Å². The van der Waals surface area contributed by atoms with Gasteiger partial charge in [0.2, 0.25) is 0 Å². The summed E-state index contributed by atoms with van der Waals surface area (Å²) in [6, 6.07) is 0. The Morgan fingerprint density at radius 3 is 1.87 bits per heavy atom. The van der Waals surface area contributed by atoms with E-state index in [2.05, 4.69) is 0 Å². The maximum absolute atomic E-state index is 8.33. The summed E-state index contributed by atoms with van der Waals surface area (Å²) in [5, 5.41) is 16.5. The minimum absolute atomic E-state index is 0.0833. The molecule has 0 aliphatic heterocycles. The van der Waals surface area contributed by atoms with Crippen molar-refractivity contribution in [1.29, 1.82) is 0 Å².